The monoisotopic (exact) mass is 422 g/mol. The molecule has 1 amide bonds. The number of aryl methyl sites for hydroxylation is 1. The Kier molecular flexibility index (Phi) is 5.27. The summed E-state index contributed by atoms with van der Waals surface area (Å²) in [6.45, 7) is 0. The fourth-order valence-electron chi connectivity index (χ4n) is 3.46. The van der Waals surface area contributed by atoms with Crippen molar-refractivity contribution in [3.63, 3.8) is 0 Å². The number of para-hydroxylation sites is 1. The maximum Gasteiger partial charge on any atom is 0.308 e. The third-order valence-electron chi connectivity index (χ3n) is 4.99. The van der Waals surface area contributed by atoms with Crippen LogP contribution in [-0.4, -0.2) is 41.7 Å². The Morgan fingerprint density at radius 1 is 1.00 bits per heavy atom. The molecule has 0 spiro atoms. The molecule has 4 aromatic rings. The number of aromatic nitrogens is 2. The van der Waals surface area contributed by atoms with Crippen molar-refractivity contribution in [1.82, 2.24) is 13.3 Å². The number of hydrogen-bond acceptors (Lipinski definition) is 4. The summed E-state index contributed by atoms with van der Waals surface area (Å²) in [4.78, 5) is 16.4. The summed E-state index contributed by atoms with van der Waals surface area (Å²) >= 11 is 0. The lowest BCUT2D eigenvalue weighted by atomic mass is 10.1. The average molecular weight is 423 g/mol. The van der Waals surface area contributed by atoms with Crippen LogP contribution in [0.25, 0.3) is 21.8 Å². The van der Waals surface area contributed by atoms with Crippen LogP contribution in [0.5, 0.6) is 0 Å². The van der Waals surface area contributed by atoms with Crippen LogP contribution in [-0.2, 0) is 21.4 Å². The van der Waals surface area contributed by atoms with Gasteiger partial charge in [-0.25, -0.2) is 3.97 Å². The van der Waals surface area contributed by atoms with Crippen LogP contribution in [0.4, 0.5) is 5.69 Å². The molecule has 0 saturated carbocycles. The molecule has 2 aromatic carbocycles. The number of nitrogens with zero attached hydrogens (tertiary/aromatic N) is 3. The number of anilines is 1. The number of pyridine rings is 1. The Morgan fingerprint density at radius 3 is 2.43 bits per heavy atom. The number of nitrogens with one attached hydrogen (secondary N) is 1. The fraction of sp³-hybridized carbons (Fsp3) is 0.182. The van der Waals surface area contributed by atoms with Crippen LogP contribution in [0.2, 0.25) is 0 Å². The third-order valence-corrected chi connectivity index (χ3v) is 6.77. The van der Waals surface area contributed by atoms with E-state index >= 15 is 0 Å². The van der Waals surface area contributed by atoms with Crippen molar-refractivity contribution in [2.45, 2.75) is 12.8 Å². The van der Waals surface area contributed by atoms with Crippen LogP contribution in [0.15, 0.2) is 67.0 Å². The lowest BCUT2D eigenvalue weighted by Crippen LogP contribution is -2.28. The SMILES string of the molecule is CN(C)S(=O)(=O)n1c2ccccc2c2cc(NC(=O)CCc3ccncc3)ccc21. The Morgan fingerprint density at radius 2 is 1.70 bits per heavy atom. The highest BCUT2D eigenvalue weighted by atomic mass is 32.2. The first kappa shape index (κ1) is 20.1. The topological polar surface area (TPSA) is 84.3 Å². The summed E-state index contributed by atoms with van der Waals surface area (Å²) in [6.07, 6.45) is 4.38. The molecule has 2 heterocycles. The van der Waals surface area contributed by atoms with Gasteiger partial charge in [0, 0.05) is 49.4 Å². The molecule has 1 N–H and O–H groups in total. The molecule has 2 aromatic heterocycles. The third kappa shape index (κ3) is 3.67. The normalized spacial score (nSPS) is 12.0. The lowest BCUT2D eigenvalue weighted by Gasteiger charge is -2.14. The largest absolute Gasteiger partial charge is 0.326 e. The number of benzene rings is 2. The van der Waals surface area contributed by atoms with Crippen LogP contribution in [0, 0.1) is 0 Å². The van der Waals surface area contributed by atoms with Gasteiger partial charge in [0.15, 0.2) is 0 Å². The van der Waals surface area contributed by atoms with E-state index in [4.69, 9.17) is 0 Å². The minimum Gasteiger partial charge on any atom is -0.326 e. The lowest BCUT2D eigenvalue weighted by molar-refractivity contribution is -0.116. The molecule has 0 atom stereocenters. The molecule has 0 aliphatic rings. The molecule has 0 aliphatic carbocycles. The molecule has 154 valence electrons. The second kappa shape index (κ2) is 7.89. The maximum absolute atomic E-state index is 12.9. The first-order valence-corrected chi connectivity index (χ1v) is 10.9. The van der Waals surface area contributed by atoms with Gasteiger partial charge in [-0.05, 0) is 48.4 Å². The van der Waals surface area contributed by atoms with Gasteiger partial charge in [0.1, 0.15) is 0 Å². The fourth-order valence-corrected chi connectivity index (χ4v) is 4.60. The van der Waals surface area contributed by atoms with E-state index in [9.17, 15) is 13.2 Å². The molecule has 0 bridgehead atoms. The van der Waals surface area contributed by atoms with E-state index in [0.29, 0.717) is 29.6 Å². The minimum absolute atomic E-state index is 0.101. The van der Waals surface area contributed by atoms with Gasteiger partial charge >= 0.3 is 10.2 Å². The molecule has 8 heteroatoms. The van der Waals surface area contributed by atoms with Gasteiger partial charge in [-0.3, -0.25) is 9.78 Å². The predicted molar refractivity (Wildman–Crippen MR) is 119 cm³/mol. The standard InChI is InChI=1S/C22H22N4O3S/c1-25(2)30(28,29)26-20-6-4-3-5-18(20)19-15-17(8-9-21(19)26)24-22(27)10-7-16-11-13-23-14-12-16/h3-6,8-9,11-15H,7,10H2,1-2H3,(H,24,27). The summed E-state index contributed by atoms with van der Waals surface area (Å²) in [5.74, 6) is -0.101. The van der Waals surface area contributed by atoms with Crippen molar-refractivity contribution in [2.24, 2.45) is 0 Å². The molecule has 30 heavy (non-hydrogen) atoms. The predicted octanol–water partition coefficient (Wildman–Crippen LogP) is 3.42. The first-order chi connectivity index (χ1) is 14.4. The van der Waals surface area contributed by atoms with Gasteiger partial charge in [0.2, 0.25) is 5.91 Å². The number of carbonyl (C=O) groups is 1. The zero-order chi connectivity index (χ0) is 21.3. The molecule has 4 rings (SSSR count). The van der Waals surface area contributed by atoms with E-state index in [0.717, 1.165) is 16.3 Å². The van der Waals surface area contributed by atoms with Crippen LogP contribution >= 0.6 is 0 Å². The van der Waals surface area contributed by atoms with E-state index in [1.165, 1.54) is 22.4 Å². The second-order valence-corrected chi connectivity index (χ2v) is 9.20. The van der Waals surface area contributed by atoms with E-state index in [2.05, 4.69) is 10.3 Å². The van der Waals surface area contributed by atoms with Crippen molar-refractivity contribution >= 4 is 43.6 Å². The van der Waals surface area contributed by atoms with Gasteiger partial charge in [-0.15, -0.1) is 0 Å². The van der Waals surface area contributed by atoms with E-state index in [1.54, 1.807) is 30.6 Å². The Balaban J connectivity index is 1.68. The van der Waals surface area contributed by atoms with Gasteiger partial charge in [0.05, 0.1) is 11.0 Å². The number of carbonyl (C=O) groups excluding carboxylic acids is 1. The van der Waals surface area contributed by atoms with Crippen LogP contribution in [0.1, 0.15) is 12.0 Å². The highest BCUT2D eigenvalue weighted by molar-refractivity contribution is 7.87. The molecule has 0 unspecified atom stereocenters. The summed E-state index contributed by atoms with van der Waals surface area (Å²) in [7, 11) is -0.690. The molecular formula is C22H22N4O3S. The number of hydrogen-bond donors (Lipinski definition) is 1. The number of rotatable bonds is 6. The molecule has 0 radical (unpaired) electrons. The van der Waals surface area contributed by atoms with Crippen molar-refractivity contribution in [3.8, 4) is 0 Å². The Labute approximate surface area is 175 Å². The summed E-state index contributed by atoms with van der Waals surface area (Å²) in [5, 5.41) is 4.49. The Hall–Kier alpha value is -3.23. The molecular weight excluding hydrogens is 400 g/mol. The van der Waals surface area contributed by atoms with Crippen LogP contribution < -0.4 is 5.32 Å². The van der Waals surface area contributed by atoms with E-state index in [1.807, 2.05) is 36.4 Å². The van der Waals surface area contributed by atoms with Crippen molar-refractivity contribution in [1.29, 1.82) is 0 Å². The summed E-state index contributed by atoms with van der Waals surface area (Å²) in [6, 6.07) is 16.4. The molecule has 7 nitrogen and oxygen atoms in total. The van der Waals surface area contributed by atoms with Crippen molar-refractivity contribution < 1.29 is 13.2 Å². The Bertz CT molecular complexity index is 1330. The van der Waals surface area contributed by atoms with Crippen molar-refractivity contribution in [3.05, 3.63) is 72.6 Å². The van der Waals surface area contributed by atoms with E-state index < -0.39 is 10.2 Å². The number of fused-ring (bicyclic) bond motifs is 3. The van der Waals surface area contributed by atoms with Crippen molar-refractivity contribution in [2.75, 3.05) is 19.4 Å². The summed E-state index contributed by atoms with van der Waals surface area (Å²) < 4.78 is 28.4. The van der Waals surface area contributed by atoms with Gasteiger partial charge in [-0.1, -0.05) is 18.2 Å². The summed E-state index contributed by atoms with van der Waals surface area (Å²) in [5.41, 5.74) is 2.85. The van der Waals surface area contributed by atoms with Crippen LogP contribution in [0.3, 0.4) is 0 Å². The highest BCUT2D eigenvalue weighted by Gasteiger charge is 2.23. The molecule has 0 fully saturated rings. The molecule has 0 saturated heterocycles. The number of amides is 1. The molecule has 0 aliphatic heterocycles. The zero-order valence-electron chi connectivity index (χ0n) is 16.7. The van der Waals surface area contributed by atoms with Gasteiger partial charge in [0.25, 0.3) is 0 Å². The quantitative estimate of drug-likeness (QED) is 0.516. The zero-order valence-corrected chi connectivity index (χ0v) is 17.6. The van der Waals surface area contributed by atoms with Gasteiger partial charge in [-0.2, -0.15) is 12.7 Å². The first-order valence-electron chi connectivity index (χ1n) is 9.53. The second-order valence-electron chi connectivity index (χ2n) is 7.21. The maximum atomic E-state index is 12.9. The highest BCUT2D eigenvalue weighted by Crippen LogP contribution is 2.32. The van der Waals surface area contributed by atoms with Gasteiger partial charge < -0.3 is 5.32 Å². The van der Waals surface area contributed by atoms with E-state index in [-0.39, 0.29) is 5.91 Å². The minimum atomic E-state index is -3.70. The average Bonchev–Trinajstić information content (AvgIpc) is 3.07. The smallest absolute Gasteiger partial charge is 0.308 e.